The molecule has 0 unspecified atom stereocenters. The first-order chi connectivity index (χ1) is 30.0. The van der Waals surface area contributed by atoms with Gasteiger partial charge in [-0.25, -0.2) is 0 Å². The van der Waals surface area contributed by atoms with Gasteiger partial charge in [-0.05, 0) is 128 Å². The van der Waals surface area contributed by atoms with Crippen LogP contribution in [0.1, 0.15) is 113 Å². The SMILES string of the molecule is C=C(C)[C@@H]1CC[C@]2(C)CC[C@]3(C)[C@H](CC[C@@H]4[C@@]5(C)CC[C@H](O[C@H]6O[C@H](CO[C@H]7O[C@H](CO)[C@@H](O)[C@H](O)[C@@H]7O)[C@@H](O)[C@H](O[C@H]7O[C@H](CO)[C@@H](O)[C@H](O)[C@@H]7O)[C@@H]6O)C(C)(C)[C@@H]5CC[C@]43C)[C@@H]12. The Labute approximate surface area is 378 Å². The molecule has 8 rings (SSSR count). The van der Waals surface area contributed by atoms with E-state index in [1.54, 1.807) is 0 Å². The van der Waals surface area contributed by atoms with Crippen LogP contribution in [0.2, 0.25) is 0 Å². The number of allylic oxidation sites excluding steroid dienone is 1. The molecular weight excluding hydrogens is 833 g/mol. The fourth-order valence-electron chi connectivity index (χ4n) is 15.9. The Morgan fingerprint density at radius 2 is 1.16 bits per heavy atom. The summed E-state index contributed by atoms with van der Waals surface area (Å²) in [5.41, 5.74) is 1.72. The Morgan fingerprint density at radius 3 is 1.78 bits per heavy atom. The predicted octanol–water partition coefficient (Wildman–Crippen LogP) is 1.50. The van der Waals surface area contributed by atoms with Gasteiger partial charge in [0, 0.05) is 0 Å². The molecule has 0 amide bonds. The number of ether oxygens (including phenoxy) is 6. The van der Waals surface area contributed by atoms with Crippen molar-refractivity contribution in [1.82, 2.24) is 0 Å². The van der Waals surface area contributed by atoms with Crippen LogP contribution in [0, 0.1) is 56.7 Å². The van der Waals surface area contributed by atoms with E-state index in [9.17, 15) is 51.1 Å². The summed E-state index contributed by atoms with van der Waals surface area (Å²) in [7, 11) is 0. The molecule has 3 aliphatic heterocycles. The van der Waals surface area contributed by atoms with Crippen LogP contribution in [-0.2, 0) is 28.4 Å². The van der Waals surface area contributed by atoms with Gasteiger partial charge in [0.25, 0.3) is 0 Å². The summed E-state index contributed by atoms with van der Waals surface area (Å²) in [6.07, 6.45) is -13.2. The molecule has 0 bridgehead atoms. The third-order valence-corrected chi connectivity index (χ3v) is 19.8. The lowest BCUT2D eigenvalue weighted by molar-refractivity contribution is -0.375. The zero-order chi connectivity index (χ0) is 46.6. The lowest BCUT2D eigenvalue weighted by Gasteiger charge is -2.73. The zero-order valence-corrected chi connectivity index (χ0v) is 38.9. The Bertz CT molecular complexity index is 1660. The average molecular weight is 913 g/mol. The Morgan fingerprint density at radius 1 is 0.562 bits per heavy atom. The summed E-state index contributed by atoms with van der Waals surface area (Å²) in [6, 6.07) is 0. The maximum absolute atomic E-state index is 12.0. The van der Waals surface area contributed by atoms with Gasteiger partial charge in [0.2, 0.25) is 0 Å². The number of hydrogen-bond acceptors (Lipinski definition) is 16. The summed E-state index contributed by atoms with van der Waals surface area (Å²) in [5.74, 6) is 2.72. The van der Waals surface area contributed by atoms with Gasteiger partial charge in [0.05, 0.1) is 25.9 Å². The van der Waals surface area contributed by atoms with E-state index in [-0.39, 0.29) is 22.2 Å². The maximum atomic E-state index is 12.0. The van der Waals surface area contributed by atoms with Gasteiger partial charge < -0.3 is 79.5 Å². The molecular formula is C48H80O16. The molecule has 5 saturated carbocycles. The molecule has 0 aromatic heterocycles. The summed E-state index contributed by atoms with van der Waals surface area (Å²) >= 11 is 0. The van der Waals surface area contributed by atoms with E-state index in [1.165, 1.54) is 44.1 Å². The second-order valence-corrected chi connectivity index (χ2v) is 23.2. The van der Waals surface area contributed by atoms with Crippen molar-refractivity contribution in [2.75, 3.05) is 19.8 Å². The molecule has 3 heterocycles. The van der Waals surface area contributed by atoms with Crippen molar-refractivity contribution in [1.29, 1.82) is 0 Å². The number of aliphatic hydroxyl groups excluding tert-OH is 10. The second-order valence-electron chi connectivity index (χ2n) is 23.2. The molecule has 64 heavy (non-hydrogen) atoms. The van der Waals surface area contributed by atoms with Gasteiger partial charge in [-0.2, -0.15) is 0 Å². The van der Waals surface area contributed by atoms with E-state index in [0.717, 1.165) is 19.3 Å². The molecule has 368 valence electrons. The van der Waals surface area contributed by atoms with Crippen molar-refractivity contribution < 1.29 is 79.5 Å². The fourth-order valence-corrected chi connectivity index (χ4v) is 15.9. The highest BCUT2D eigenvalue weighted by molar-refractivity contribution is 5.21. The van der Waals surface area contributed by atoms with Crippen molar-refractivity contribution >= 4 is 0 Å². The van der Waals surface area contributed by atoms with Crippen LogP contribution in [0.5, 0.6) is 0 Å². The van der Waals surface area contributed by atoms with Gasteiger partial charge in [-0.1, -0.05) is 53.7 Å². The van der Waals surface area contributed by atoms with Gasteiger partial charge >= 0.3 is 0 Å². The second kappa shape index (κ2) is 17.8. The highest BCUT2D eigenvalue weighted by Gasteiger charge is 2.70. The van der Waals surface area contributed by atoms with E-state index in [4.69, 9.17) is 28.4 Å². The highest BCUT2D eigenvalue weighted by Crippen LogP contribution is 2.77. The standard InChI is InChI=1S/C48H80O16/c1-22(2)23-11-14-45(5)17-18-47(7)24(31(23)45)9-10-29-46(6)15-13-30(44(3,4)28(46)12-16-48(29,47)8)63-43-39(58)40(64-42-38(57)36(55)33(52)26(20-50)61-42)34(53)27(62-43)21-59-41-37(56)35(54)32(51)25(19-49)60-41/h23-43,49-58H,1,9-21H2,2-8H3/t23-,24+,25+,26+,27+,28-,29+,30-,31+,32+,33+,34+,35-,36-,37-,38-,39-,40-,41-,42+,43+,45+,46-,47+,48+/m0/s1. The number of rotatable bonds is 10. The van der Waals surface area contributed by atoms with Gasteiger partial charge in [-0.15, -0.1) is 0 Å². The van der Waals surface area contributed by atoms with Crippen molar-refractivity contribution in [2.24, 2.45) is 56.7 Å². The summed E-state index contributed by atoms with van der Waals surface area (Å²) in [5, 5.41) is 106. The minimum Gasteiger partial charge on any atom is -0.394 e. The molecule has 0 aromatic carbocycles. The molecule has 25 atom stereocenters. The first-order valence-corrected chi connectivity index (χ1v) is 24.2. The molecule has 8 fully saturated rings. The topological polar surface area (TPSA) is 258 Å². The van der Waals surface area contributed by atoms with E-state index >= 15 is 0 Å². The third-order valence-electron chi connectivity index (χ3n) is 19.8. The molecule has 0 spiro atoms. The lowest BCUT2D eigenvalue weighted by Crippen LogP contribution is -2.67. The van der Waals surface area contributed by atoms with Crippen LogP contribution >= 0.6 is 0 Å². The van der Waals surface area contributed by atoms with Gasteiger partial charge in [0.1, 0.15) is 73.2 Å². The normalized spacial score (nSPS) is 56.0. The smallest absolute Gasteiger partial charge is 0.187 e. The van der Waals surface area contributed by atoms with Crippen molar-refractivity contribution in [3.63, 3.8) is 0 Å². The molecule has 0 radical (unpaired) electrons. The molecule has 0 aromatic rings. The largest absolute Gasteiger partial charge is 0.394 e. The first kappa shape index (κ1) is 49.5. The van der Waals surface area contributed by atoms with Crippen molar-refractivity contribution in [3.05, 3.63) is 12.2 Å². The molecule has 16 nitrogen and oxygen atoms in total. The van der Waals surface area contributed by atoms with Crippen LogP contribution in [0.15, 0.2) is 12.2 Å². The highest BCUT2D eigenvalue weighted by atomic mass is 16.8. The summed E-state index contributed by atoms with van der Waals surface area (Å²) in [4.78, 5) is 0. The van der Waals surface area contributed by atoms with Crippen molar-refractivity contribution in [3.8, 4) is 0 Å². The summed E-state index contributed by atoms with van der Waals surface area (Å²) in [6.45, 7) is 19.6. The monoisotopic (exact) mass is 913 g/mol. The van der Waals surface area contributed by atoms with Gasteiger partial charge in [0.15, 0.2) is 18.9 Å². The van der Waals surface area contributed by atoms with Crippen LogP contribution in [0.25, 0.3) is 0 Å². The Kier molecular flexibility index (Phi) is 13.8. The van der Waals surface area contributed by atoms with Crippen LogP contribution in [-0.4, -0.2) is 169 Å². The van der Waals surface area contributed by atoms with E-state index in [1.807, 2.05) is 0 Å². The summed E-state index contributed by atoms with van der Waals surface area (Å²) < 4.78 is 36.1. The van der Waals surface area contributed by atoms with E-state index < -0.39 is 123 Å². The van der Waals surface area contributed by atoms with E-state index in [2.05, 4.69) is 55.0 Å². The Balaban J connectivity index is 1.02. The number of hydrogen-bond donors (Lipinski definition) is 10. The molecule has 16 heteroatoms. The minimum absolute atomic E-state index is 0.0211. The Hall–Kier alpha value is -0.900. The molecule has 8 aliphatic rings. The predicted molar refractivity (Wildman–Crippen MR) is 229 cm³/mol. The van der Waals surface area contributed by atoms with E-state index in [0.29, 0.717) is 35.5 Å². The van der Waals surface area contributed by atoms with Crippen LogP contribution in [0.3, 0.4) is 0 Å². The maximum Gasteiger partial charge on any atom is 0.187 e. The quantitative estimate of drug-likeness (QED) is 0.110. The number of aliphatic hydroxyl groups is 10. The number of fused-ring (bicyclic) bond motifs is 7. The molecule has 10 N–H and O–H groups in total. The molecule has 5 aliphatic carbocycles. The third kappa shape index (κ3) is 7.72. The average Bonchev–Trinajstić information content (AvgIpc) is 3.61. The first-order valence-electron chi connectivity index (χ1n) is 24.2. The van der Waals surface area contributed by atoms with Crippen molar-refractivity contribution in [2.45, 2.75) is 211 Å². The zero-order valence-electron chi connectivity index (χ0n) is 38.9. The lowest BCUT2D eigenvalue weighted by atomic mass is 9.32. The van der Waals surface area contributed by atoms with Gasteiger partial charge in [-0.3, -0.25) is 0 Å². The van der Waals surface area contributed by atoms with Crippen LogP contribution in [0.4, 0.5) is 0 Å². The molecule has 3 saturated heterocycles. The minimum atomic E-state index is -1.84. The fraction of sp³-hybridized carbons (Fsp3) is 0.958. The van der Waals surface area contributed by atoms with Crippen LogP contribution < -0.4 is 0 Å².